The number of benzene rings is 1. The molecule has 0 radical (unpaired) electrons. The Morgan fingerprint density at radius 1 is 0.946 bits per heavy atom. The molecule has 7 rings (SSSR count). The Bertz CT molecular complexity index is 1640. The van der Waals surface area contributed by atoms with Gasteiger partial charge in [0.05, 0.1) is 24.0 Å². The Labute approximate surface area is 214 Å². The third kappa shape index (κ3) is 3.67. The zero-order valence-corrected chi connectivity index (χ0v) is 21.5. The minimum atomic E-state index is -0.283. The van der Waals surface area contributed by atoms with Crippen molar-refractivity contribution in [3.8, 4) is 22.3 Å². The highest BCUT2D eigenvalue weighted by atomic mass is 19.1. The lowest BCUT2D eigenvalue weighted by molar-refractivity contribution is 0.222. The number of likely N-dealkylation sites (tertiary alicyclic amines) is 1. The molecule has 0 amide bonds. The second-order valence-electron chi connectivity index (χ2n) is 10.7. The molecule has 1 fully saturated rings. The van der Waals surface area contributed by atoms with E-state index in [1.165, 1.54) is 5.69 Å². The van der Waals surface area contributed by atoms with Crippen molar-refractivity contribution < 1.29 is 4.39 Å². The summed E-state index contributed by atoms with van der Waals surface area (Å²) in [6, 6.07) is 6.20. The van der Waals surface area contributed by atoms with E-state index in [0.29, 0.717) is 11.6 Å². The Morgan fingerprint density at radius 2 is 1.78 bits per heavy atom. The van der Waals surface area contributed by atoms with Crippen LogP contribution in [0.3, 0.4) is 0 Å². The molecule has 0 atom stereocenters. The highest BCUT2D eigenvalue weighted by molar-refractivity contribution is 5.98. The summed E-state index contributed by atoms with van der Waals surface area (Å²) in [5.74, 6) is 0.592. The van der Waals surface area contributed by atoms with Gasteiger partial charge in [-0.2, -0.15) is 5.10 Å². The lowest BCUT2D eigenvalue weighted by Crippen LogP contribution is -2.31. The average Bonchev–Trinajstić information content (AvgIpc) is 3.59. The molecule has 0 saturated carbocycles. The first-order chi connectivity index (χ1) is 18.0. The third-order valence-electron chi connectivity index (χ3n) is 8.19. The predicted molar refractivity (Wildman–Crippen MR) is 143 cm³/mol. The van der Waals surface area contributed by atoms with E-state index in [9.17, 15) is 0 Å². The van der Waals surface area contributed by atoms with Crippen LogP contribution in [0, 0.1) is 12.7 Å². The minimum Gasteiger partial charge on any atom is -0.346 e. The minimum absolute atomic E-state index is 0.283. The summed E-state index contributed by atoms with van der Waals surface area (Å²) in [6.45, 7) is 6.81. The van der Waals surface area contributed by atoms with Gasteiger partial charge in [-0.15, -0.1) is 0 Å². The molecule has 0 spiro atoms. The van der Waals surface area contributed by atoms with Crippen LogP contribution in [0.25, 0.3) is 44.3 Å². The molecule has 0 aliphatic carbocycles. The molecule has 1 N–H and O–H groups in total. The first-order valence-corrected chi connectivity index (χ1v) is 13.0. The summed E-state index contributed by atoms with van der Waals surface area (Å²) in [7, 11) is 4.29. The molecule has 37 heavy (non-hydrogen) atoms. The van der Waals surface area contributed by atoms with Gasteiger partial charge in [0.25, 0.3) is 0 Å². The summed E-state index contributed by atoms with van der Waals surface area (Å²) in [5.41, 5.74) is 7.22. The number of fused-ring (bicyclic) bond motifs is 3. The highest BCUT2D eigenvalue weighted by Crippen LogP contribution is 2.36. The molecule has 8 nitrogen and oxygen atoms in total. The number of halogens is 1. The lowest BCUT2D eigenvalue weighted by atomic mass is 10.0. The largest absolute Gasteiger partial charge is 0.346 e. The van der Waals surface area contributed by atoms with Crippen LogP contribution in [-0.2, 0) is 13.1 Å². The first-order valence-electron chi connectivity index (χ1n) is 13.0. The van der Waals surface area contributed by atoms with Crippen molar-refractivity contribution in [3.63, 3.8) is 0 Å². The highest BCUT2D eigenvalue weighted by Gasteiger charge is 2.24. The Kier molecular flexibility index (Phi) is 5.19. The quantitative estimate of drug-likeness (QED) is 0.394. The molecule has 0 unspecified atom stereocenters. The maximum absolute atomic E-state index is 15.5. The molecular weight excluding hydrogens is 467 g/mol. The fourth-order valence-electron chi connectivity index (χ4n) is 6.14. The molecule has 1 aromatic carbocycles. The van der Waals surface area contributed by atoms with Crippen LogP contribution in [0.4, 0.5) is 4.39 Å². The Hall–Kier alpha value is -3.56. The van der Waals surface area contributed by atoms with Crippen molar-refractivity contribution in [1.82, 2.24) is 39.1 Å². The molecule has 190 valence electrons. The van der Waals surface area contributed by atoms with Crippen molar-refractivity contribution >= 4 is 22.1 Å². The fourth-order valence-corrected chi connectivity index (χ4v) is 6.14. The van der Waals surface area contributed by atoms with Crippen molar-refractivity contribution in [2.75, 3.05) is 33.7 Å². The van der Waals surface area contributed by atoms with Gasteiger partial charge in [-0.25, -0.2) is 14.4 Å². The van der Waals surface area contributed by atoms with E-state index in [0.717, 1.165) is 90.2 Å². The number of rotatable bonds is 3. The summed E-state index contributed by atoms with van der Waals surface area (Å²) in [6.07, 6.45) is 7.86. The second kappa shape index (κ2) is 8.49. The smallest absolute Gasteiger partial charge is 0.151 e. The molecule has 4 aromatic heterocycles. The van der Waals surface area contributed by atoms with Crippen molar-refractivity contribution in [2.24, 2.45) is 0 Å². The predicted octanol–water partition coefficient (Wildman–Crippen LogP) is 4.60. The standard InChI is InChI=1S/C28H31FN8/c1-17-33-27-24(29)11-18(12-25(27)37(17)20-4-6-34(2)7-5-20)22-14-31-28-21(22)10-19(13-30-28)23-15-32-36-9-8-35(3)16-26(23)36/h10-15,20H,4-9,16H2,1-3H3,(H,30,31). The molecule has 2 aliphatic rings. The third-order valence-corrected chi connectivity index (χ3v) is 8.19. The number of pyridine rings is 1. The summed E-state index contributed by atoms with van der Waals surface area (Å²) < 4.78 is 19.8. The second-order valence-corrected chi connectivity index (χ2v) is 10.7. The number of hydrogen-bond acceptors (Lipinski definition) is 5. The number of aromatic nitrogens is 6. The number of imidazole rings is 1. The van der Waals surface area contributed by atoms with E-state index in [4.69, 9.17) is 4.98 Å². The van der Waals surface area contributed by atoms with Crippen molar-refractivity contribution in [3.05, 3.63) is 54.1 Å². The van der Waals surface area contributed by atoms with Crippen LogP contribution >= 0.6 is 0 Å². The van der Waals surface area contributed by atoms with Gasteiger partial charge < -0.3 is 14.5 Å². The van der Waals surface area contributed by atoms with Gasteiger partial charge in [0.1, 0.15) is 17.0 Å². The number of piperidine rings is 1. The van der Waals surface area contributed by atoms with Gasteiger partial charge in [0.15, 0.2) is 5.82 Å². The Balaban J connectivity index is 1.34. The monoisotopic (exact) mass is 498 g/mol. The topological polar surface area (TPSA) is 70.8 Å². The van der Waals surface area contributed by atoms with Crippen LogP contribution in [0.2, 0.25) is 0 Å². The summed E-state index contributed by atoms with van der Waals surface area (Å²) in [5, 5.41) is 5.59. The zero-order chi connectivity index (χ0) is 25.3. The molecule has 5 aromatic rings. The fraction of sp³-hybridized carbons (Fsp3) is 0.393. The molecular formula is C28H31FN8. The SMILES string of the molecule is Cc1nc2c(F)cc(-c3c[nH]c4ncc(-c5cnn6c5CN(C)CC6)cc34)cc2n1C1CCN(C)CC1. The number of hydrogen-bond donors (Lipinski definition) is 1. The molecule has 0 bridgehead atoms. The molecule has 2 aliphatic heterocycles. The van der Waals surface area contributed by atoms with Crippen molar-refractivity contribution in [1.29, 1.82) is 0 Å². The Morgan fingerprint density at radius 3 is 2.62 bits per heavy atom. The molecule has 6 heterocycles. The maximum Gasteiger partial charge on any atom is 0.151 e. The van der Waals surface area contributed by atoms with Gasteiger partial charge >= 0.3 is 0 Å². The van der Waals surface area contributed by atoms with Crippen LogP contribution in [0.15, 0.2) is 36.8 Å². The van der Waals surface area contributed by atoms with E-state index in [-0.39, 0.29) is 5.82 Å². The van der Waals surface area contributed by atoms with E-state index in [1.807, 2.05) is 25.5 Å². The van der Waals surface area contributed by atoms with E-state index < -0.39 is 0 Å². The maximum atomic E-state index is 15.5. The van der Waals surface area contributed by atoms with Gasteiger partial charge in [0, 0.05) is 53.6 Å². The number of H-pyrrole nitrogens is 1. The normalized spacial score (nSPS) is 17.7. The van der Waals surface area contributed by atoms with Crippen LogP contribution in [0.5, 0.6) is 0 Å². The van der Waals surface area contributed by atoms with Crippen LogP contribution in [0.1, 0.15) is 30.4 Å². The summed E-state index contributed by atoms with van der Waals surface area (Å²) >= 11 is 0. The van der Waals surface area contributed by atoms with Crippen LogP contribution in [-0.4, -0.2) is 72.8 Å². The van der Waals surface area contributed by atoms with Gasteiger partial charge in [-0.3, -0.25) is 9.58 Å². The number of aromatic amines is 1. The average molecular weight is 499 g/mol. The van der Waals surface area contributed by atoms with E-state index >= 15 is 4.39 Å². The van der Waals surface area contributed by atoms with Crippen molar-refractivity contribution in [2.45, 2.75) is 38.9 Å². The lowest BCUT2D eigenvalue weighted by Gasteiger charge is -2.30. The zero-order valence-electron chi connectivity index (χ0n) is 21.5. The molecule has 1 saturated heterocycles. The number of nitrogens with one attached hydrogen (secondary N) is 1. The van der Waals surface area contributed by atoms with E-state index in [2.05, 4.69) is 60.3 Å². The van der Waals surface area contributed by atoms with Gasteiger partial charge in [-0.1, -0.05) is 0 Å². The van der Waals surface area contributed by atoms with Gasteiger partial charge in [-0.05, 0) is 70.7 Å². The van der Waals surface area contributed by atoms with Gasteiger partial charge in [0.2, 0.25) is 0 Å². The van der Waals surface area contributed by atoms with E-state index in [1.54, 1.807) is 6.07 Å². The van der Waals surface area contributed by atoms with Crippen LogP contribution < -0.4 is 0 Å². The number of nitrogens with zero attached hydrogens (tertiary/aromatic N) is 7. The number of aryl methyl sites for hydroxylation is 1. The molecule has 9 heteroatoms. The first kappa shape index (κ1) is 22.6. The summed E-state index contributed by atoms with van der Waals surface area (Å²) in [4.78, 5) is 17.3. The number of likely N-dealkylation sites (N-methyl/N-ethyl adjacent to an activating group) is 1.